The van der Waals surface area contributed by atoms with E-state index in [1.807, 2.05) is 12.1 Å². The summed E-state index contributed by atoms with van der Waals surface area (Å²) in [6.07, 6.45) is 3.38. The van der Waals surface area contributed by atoms with E-state index in [1.165, 1.54) is 6.07 Å². The Morgan fingerprint density at radius 1 is 1.24 bits per heavy atom. The van der Waals surface area contributed by atoms with E-state index in [-0.39, 0.29) is 17.9 Å². The third-order valence-electron chi connectivity index (χ3n) is 6.48. The Bertz CT molecular complexity index is 1120. The number of fused-ring (bicyclic) bond motifs is 2. The maximum Gasteiger partial charge on any atom is 0.409 e. The van der Waals surface area contributed by atoms with Crippen molar-refractivity contribution in [1.82, 2.24) is 9.88 Å². The van der Waals surface area contributed by atoms with Crippen molar-refractivity contribution in [2.75, 3.05) is 19.7 Å². The largest absolute Gasteiger partial charge is 0.450 e. The number of amides is 1. The van der Waals surface area contributed by atoms with Crippen LogP contribution in [0, 0.1) is 26.1 Å². The number of carbonyl (C=O) groups is 1. The van der Waals surface area contributed by atoms with E-state index in [9.17, 15) is 25.0 Å². The molecular formula is C22H23ClN4O6. The van der Waals surface area contributed by atoms with Crippen molar-refractivity contribution < 1.29 is 19.4 Å². The number of likely N-dealkylation sites (tertiary alicyclic amines) is 1. The molecule has 1 amide bonds. The van der Waals surface area contributed by atoms with E-state index in [4.69, 9.17) is 16.3 Å². The van der Waals surface area contributed by atoms with Gasteiger partial charge < -0.3 is 9.64 Å². The second-order valence-corrected chi connectivity index (χ2v) is 8.57. The van der Waals surface area contributed by atoms with Gasteiger partial charge in [0, 0.05) is 36.8 Å². The predicted molar refractivity (Wildman–Crippen MR) is 120 cm³/mol. The normalized spacial score (nSPS) is 18.1. The number of hydrogen-bond donors (Lipinski definition) is 0. The number of rotatable bonds is 4. The summed E-state index contributed by atoms with van der Waals surface area (Å²) < 4.78 is 5.10. The number of nitro groups is 2. The lowest BCUT2D eigenvalue weighted by atomic mass is 9.76. The number of benzene rings is 1. The van der Waals surface area contributed by atoms with Crippen molar-refractivity contribution in [3.8, 4) is 0 Å². The number of carbonyl (C=O) groups excluding carboxylic acids is 1. The number of ether oxygens (including phenoxy) is 1. The van der Waals surface area contributed by atoms with Crippen molar-refractivity contribution >= 4 is 29.1 Å². The zero-order valence-electron chi connectivity index (χ0n) is 18.0. The number of halogens is 1. The Kier molecular flexibility index (Phi) is 6.46. The van der Waals surface area contributed by atoms with E-state index in [2.05, 4.69) is 4.98 Å². The van der Waals surface area contributed by atoms with Crippen LogP contribution in [0.15, 0.2) is 24.4 Å². The first kappa shape index (κ1) is 22.9. The van der Waals surface area contributed by atoms with Gasteiger partial charge in [0.25, 0.3) is 11.4 Å². The minimum Gasteiger partial charge on any atom is -0.450 e. The van der Waals surface area contributed by atoms with Gasteiger partial charge in [0.2, 0.25) is 0 Å². The minimum atomic E-state index is -0.680. The minimum absolute atomic E-state index is 0.0124. The summed E-state index contributed by atoms with van der Waals surface area (Å²) >= 11 is 6.16. The van der Waals surface area contributed by atoms with Crippen LogP contribution >= 0.6 is 11.6 Å². The van der Waals surface area contributed by atoms with Gasteiger partial charge in [-0.2, -0.15) is 0 Å². The Morgan fingerprint density at radius 2 is 1.97 bits per heavy atom. The van der Waals surface area contributed by atoms with Crippen molar-refractivity contribution in [2.24, 2.45) is 5.92 Å². The van der Waals surface area contributed by atoms with Gasteiger partial charge in [-0.05, 0) is 55.7 Å². The van der Waals surface area contributed by atoms with Crippen LogP contribution in [0.5, 0.6) is 0 Å². The number of aryl methyl sites for hydroxylation is 1. The number of pyridine rings is 1. The number of nitro benzene ring substituents is 2. The molecule has 10 nitrogen and oxygen atoms in total. The van der Waals surface area contributed by atoms with Crippen LogP contribution in [0.1, 0.15) is 48.1 Å². The molecule has 1 aromatic carbocycles. The highest BCUT2D eigenvalue weighted by molar-refractivity contribution is 6.35. The molecule has 1 saturated heterocycles. The summed E-state index contributed by atoms with van der Waals surface area (Å²) in [6.45, 7) is 2.98. The van der Waals surface area contributed by atoms with Gasteiger partial charge >= 0.3 is 6.09 Å². The zero-order chi connectivity index (χ0) is 23.7. The van der Waals surface area contributed by atoms with Gasteiger partial charge in [0.15, 0.2) is 5.02 Å². The Hall–Kier alpha value is -3.27. The molecule has 1 atom stereocenters. The monoisotopic (exact) mass is 474 g/mol. The lowest BCUT2D eigenvalue weighted by molar-refractivity contribution is -0.394. The van der Waals surface area contributed by atoms with Crippen molar-refractivity contribution in [1.29, 1.82) is 0 Å². The highest BCUT2D eigenvalue weighted by atomic mass is 35.5. The summed E-state index contributed by atoms with van der Waals surface area (Å²) in [4.78, 5) is 40.7. The molecule has 0 bridgehead atoms. The van der Waals surface area contributed by atoms with Crippen LogP contribution in [0.2, 0.25) is 5.02 Å². The Labute approximate surface area is 194 Å². The maximum absolute atomic E-state index is 12.1. The van der Waals surface area contributed by atoms with Crippen molar-refractivity contribution in [3.63, 3.8) is 0 Å². The first-order valence-corrected chi connectivity index (χ1v) is 11.2. The van der Waals surface area contributed by atoms with Crippen LogP contribution in [0.25, 0.3) is 0 Å². The maximum atomic E-state index is 12.1. The van der Waals surface area contributed by atoms with Gasteiger partial charge in [-0.15, -0.1) is 0 Å². The molecule has 1 aromatic heterocycles. The molecule has 2 aromatic rings. The van der Waals surface area contributed by atoms with Gasteiger partial charge in [-0.25, -0.2) is 4.79 Å². The molecule has 33 heavy (non-hydrogen) atoms. The molecule has 174 valence electrons. The van der Waals surface area contributed by atoms with E-state index in [0.29, 0.717) is 56.5 Å². The lowest BCUT2D eigenvalue weighted by Gasteiger charge is -2.36. The standard InChI is InChI=1S/C22H23ClN4O6/c1-2-33-22(28)25-10-7-13(8-11-25)18-16-12-17(26(29)30)19(23)21(27(31)32)15(16)6-5-14-4-3-9-24-20(14)18/h3-4,9,12-13,18H,2,5-8,10-11H2,1H3. The smallest absolute Gasteiger partial charge is 0.409 e. The first-order valence-electron chi connectivity index (χ1n) is 10.8. The SMILES string of the molecule is CCOC(=O)N1CCC(C2c3cc([N+](=O)[O-])c(Cl)c([N+](=O)[O-])c3CCc3cccnc32)CC1. The van der Waals surface area contributed by atoms with E-state index in [1.54, 1.807) is 18.0 Å². The highest BCUT2D eigenvalue weighted by Crippen LogP contribution is 2.48. The molecule has 1 aliphatic heterocycles. The molecule has 11 heteroatoms. The summed E-state index contributed by atoms with van der Waals surface area (Å²) in [6, 6.07) is 5.15. The third kappa shape index (κ3) is 4.22. The molecule has 2 heterocycles. The molecule has 0 saturated carbocycles. The van der Waals surface area contributed by atoms with Gasteiger partial charge in [0.1, 0.15) is 0 Å². The molecule has 0 radical (unpaired) electrons. The molecule has 2 aliphatic rings. The van der Waals surface area contributed by atoms with Gasteiger partial charge in [0.05, 0.1) is 22.1 Å². The van der Waals surface area contributed by atoms with Crippen LogP contribution in [0.4, 0.5) is 16.2 Å². The average Bonchev–Trinajstić information content (AvgIpc) is 2.95. The molecule has 1 fully saturated rings. The number of piperidine rings is 1. The average molecular weight is 475 g/mol. The van der Waals surface area contributed by atoms with Crippen LogP contribution in [-0.2, 0) is 17.6 Å². The number of aromatic nitrogens is 1. The lowest BCUT2D eigenvalue weighted by Crippen LogP contribution is -2.40. The fraction of sp³-hybridized carbons (Fsp3) is 0.455. The fourth-order valence-corrected chi connectivity index (χ4v) is 5.31. The molecule has 4 rings (SSSR count). The molecule has 0 spiro atoms. The van der Waals surface area contributed by atoms with Crippen LogP contribution in [0.3, 0.4) is 0 Å². The summed E-state index contributed by atoms with van der Waals surface area (Å²) in [7, 11) is 0. The topological polar surface area (TPSA) is 129 Å². The second-order valence-electron chi connectivity index (χ2n) is 8.19. The van der Waals surface area contributed by atoms with E-state index < -0.39 is 26.2 Å². The van der Waals surface area contributed by atoms with Gasteiger partial charge in [-0.3, -0.25) is 25.2 Å². The van der Waals surface area contributed by atoms with Crippen molar-refractivity contribution in [3.05, 3.63) is 72.0 Å². The molecular weight excluding hydrogens is 452 g/mol. The molecule has 1 unspecified atom stereocenters. The summed E-state index contributed by atoms with van der Waals surface area (Å²) in [5.74, 6) is -0.390. The Morgan fingerprint density at radius 3 is 2.61 bits per heavy atom. The van der Waals surface area contributed by atoms with Gasteiger partial charge in [-0.1, -0.05) is 17.7 Å². The second kappa shape index (κ2) is 9.30. The third-order valence-corrected chi connectivity index (χ3v) is 6.85. The predicted octanol–water partition coefficient (Wildman–Crippen LogP) is 4.65. The summed E-state index contributed by atoms with van der Waals surface area (Å²) in [5, 5.41) is 23.2. The highest BCUT2D eigenvalue weighted by Gasteiger charge is 2.40. The van der Waals surface area contributed by atoms with E-state index >= 15 is 0 Å². The van der Waals surface area contributed by atoms with Crippen molar-refractivity contribution in [2.45, 2.75) is 38.5 Å². The number of hydrogen-bond acceptors (Lipinski definition) is 7. The quantitative estimate of drug-likeness (QED) is 0.465. The first-order chi connectivity index (χ1) is 15.8. The van der Waals surface area contributed by atoms with Crippen LogP contribution < -0.4 is 0 Å². The van der Waals surface area contributed by atoms with E-state index in [0.717, 1.165) is 11.3 Å². The Balaban J connectivity index is 1.83. The zero-order valence-corrected chi connectivity index (χ0v) is 18.8. The molecule has 1 aliphatic carbocycles. The van der Waals surface area contributed by atoms with Crippen LogP contribution in [-0.4, -0.2) is 45.5 Å². The number of nitrogens with zero attached hydrogens (tertiary/aromatic N) is 4. The summed E-state index contributed by atoms with van der Waals surface area (Å²) in [5.41, 5.74) is 1.81. The fourth-order valence-electron chi connectivity index (χ4n) is 5.01. The molecule has 0 N–H and O–H groups in total.